The van der Waals surface area contributed by atoms with E-state index in [-0.39, 0.29) is 5.91 Å². The Hall–Kier alpha value is -2.92. The van der Waals surface area contributed by atoms with E-state index in [1.807, 2.05) is 30.3 Å². The lowest BCUT2D eigenvalue weighted by molar-refractivity contribution is 0.0937. The van der Waals surface area contributed by atoms with Gasteiger partial charge in [0.05, 0.1) is 18.0 Å². The molecule has 1 amide bonds. The van der Waals surface area contributed by atoms with E-state index in [1.165, 1.54) is 16.7 Å². The normalized spacial score (nSPS) is 11.9. The summed E-state index contributed by atoms with van der Waals surface area (Å²) in [5, 5.41) is 10.5. The van der Waals surface area contributed by atoms with E-state index in [0.717, 1.165) is 23.4 Å². The minimum Gasteiger partial charge on any atom is -0.383 e. The monoisotopic (exact) mass is 333 g/mol. The van der Waals surface area contributed by atoms with Gasteiger partial charge in [0.25, 0.3) is 5.91 Å². The predicted molar refractivity (Wildman–Crippen MR) is 96.5 cm³/mol. The third kappa shape index (κ3) is 2.83. The molecule has 1 aliphatic carbocycles. The SMILES string of the molecule is COCCNC(=O)c1ccc(-c2n[nH]c3c2Cc2ccccc2-3)cc1. The van der Waals surface area contributed by atoms with Crippen LogP contribution in [0.5, 0.6) is 0 Å². The average molecular weight is 333 g/mol. The number of aromatic nitrogens is 2. The van der Waals surface area contributed by atoms with Gasteiger partial charge < -0.3 is 10.1 Å². The topological polar surface area (TPSA) is 67.0 Å². The number of ether oxygens (including phenoxy) is 1. The number of fused-ring (bicyclic) bond motifs is 3. The fourth-order valence-corrected chi connectivity index (χ4v) is 3.26. The molecule has 4 rings (SSSR count). The fraction of sp³-hybridized carbons (Fsp3) is 0.200. The number of amides is 1. The molecule has 0 aliphatic heterocycles. The molecule has 0 unspecified atom stereocenters. The van der Waals surface area contributed by atoms with Crippen molar-refractivity contribution in [2.45, 2.75) is 6.42 Å². The van der Waals surface area contributed by atoms with Gasteiger partial charge >= 0.3 is 0 Å². The van der Waals surface area contributed by atoms with Gasteiger partial charge in [0.2, 0.25) is 0 Å². The van der Waals surface area contributed by atoms with Crippen LogP contribution in [-0.4, -0.2) is 36.4 Å². The van der Waals surface area contributed by atoms with E-state index in [0.29, 0.717) is 18.7 Å². The van der Waals surface area contributed by atoms with Crippen molar-refractivity contribution < 1.29 is 9.53 Å². The standard InChI is InChI=1S/C20H19N3O2/c1-25-11-10-21-20(24)14-8-6-13(7-9-14)18-17-12-15-4-2-3-5-16(15)19(17)23-22-18/h2-9H,10-12H2,1H3,(H,21,24)(H,22,23). The van der Waals surface area contributed by atoms with Gasteiger partial charge in [0.1, 0.15) is 0 Å². The molecule has 0 saturated heterocycles. The molecule has 0 bridgehead atoms. The third-order valence-electron chi connectivity index (χ3n) is 4.53. The number of carbonyl (C=O) groups is 1. The van der Waals surface area contributed by atoms with Gasteiger partial charge in [0.15, 0.2) is 0 Å². The molecule has 2 aromatic carbocycles. The summed E-state index contributed by atoms with van der Waals surface area (Å²) in [6.07, 6.45) is 0.886. The molecule has 1 heterocycles. The first-order valence-corrected chi connectivity index (χ1v) is 8.31. The second-order valence-electron chi connectivity index (χ2n) is 6.09. The van der Waals surface area contributed by atoms with Gasteiger partial charge in [-0.3, -0.25) is 9.89 Å². The molecule has 25 heavy (non-hydrogen) atoms. The number of aromatic amines is 1. The largest absolute Gasteiger partial charge is 0.383 e. The van der Waals surface area contributed by atoms with Crippen LogP contribution in [0.1, 0.15) is 21.5 Å². The van der Waals surface area contributed by atoms with Crippen LogP contribution >= 0.6 is 0 Å². The molecule has 2 N–H and O–H groups in total. The maximum Gasteiger partial charge on any atom is 0.251 e. The number of hydrogen-bond acceptors (Lipinski definition) is 3. The van der Waals surface area contributed by atoms with Crippen LogP contribution in [0.4, 0.5) is 0 Å². The smallest absolute Gasteiger partial charge is 0.251 e. The maximum absolute atomic E-state index is 12.1. The van der Waals surface area contributed by atoms with Gasteiger partial charge in [-0.15, -0.1) is 0 Å². The molecule has 1 aliphatic rings. The summed E-state index contributed by atoms with van der Waals surface area (Å²) < 4.78 is 4.94. The Morgan fingerprint density at radius 1 is 1.20 bits per heavy atom. The van der Waals surface area contributed by atoms with Gasteiger partial charge in [-0.2, -0.15) is 5.10 Å². The Labute approximate surface area is 146 Å². The molecule has 0 saturated carbocycles. The highest BCUT2D eigenvalue weighted by Gasteiger charge is 2.24. The van der Waals surface area contributed by atoms with Crippen molar-refractivity contribution in [2.24, 2.45) is 0 Å². The van der Waals surface area contributed by atoms with E-state index in [4.69, 9.17) is 4.74 Å². The molecule has 126 valence electrons. The summed E-state index contributed by atoms with van der Waals surface area (Å²) in [7, 11) is 1.61. The molecule has 5 heteroatoms. The molecule has 0 spiro atoms. The Morgan fingerprint density at radius 2 is 2.00 bits per heavy atom. The third-order valence-corrected chi connectivity index (χ3v) is 4.53. The lowest BCUT2D eigenvalue weighted by Gasteiger charge is -2.05. The Bertz CT molecular complexity index is 913. The molecular weight excluding hydrogens is 314 g/mol. The van der Waals surface area contributed by atoms with Crippen LogP contribution in [0.15, 0.2) is 48.5 Å². The molecular formula is C20H19N3O2. The summed E-state index contributed by atoms with van der Waals surface area (Å²) in [6, 6.07) is 16.0. The Kier molecular flexibility index (Phi) is 4.07. The van der Waals surface area contributed by atoms with E-state index in [2.05, 4.69) is 33.7 Å². The second-order valence-corrected chi connectivity index (χ2v) is 6.09. The predicted octanol–water partition coefficient (Wildman–Crippen LogP) is 3.02. The van der Waals surface area contributed by atoms with E-state index in [9.17, 15) is 4.79 Å². The maximum atomic E-state index is 12.1. The van der Waals surface area contributed by atoms with Crippen molar-refractivity contribution >= 4 is 5.91 Å². The highest BCUT2D eigenvalue weighted by Crippen LogP contribution is 2.39. The number of nitrogens with zero attached hydrogens (tertiary/aromatic N) is 1. The number of rotatable bonds is 5. The van der Waals surface area contributed by atoms with Gasteiger partial charge in [-0.1, -0.05) is 36.4 Å². The van der Waals surface area contributed by atoms with Crippen LogP contribution in [0.3, 0.4) is 0 Å². The Morgan fingerprint density at radius 3 is 2.80 bits per heavy atom. The van der Waals surface area contributed by atoms with Crippen molar-refractivity contribution in [3.8, 4) is 22.5 Å². The summed E-state index contributed by atoms with van der Waals surface area (Å²) >= 11 is 0. The lowest BCUT2D eigenvalue weighted by atomic mass is 10.0. The lowest BCUT2D eigenvalue weighted by Crippen LogP contribution is -2.26. The van der Waals surface area contributed by atoms with Crippen molar-refractivity contribution in [3.63, 3.8) is 0 Å². The quantitative estimate of drug-likeness (QED) is 0.552. The van der Waals surface area contributed by atoms with Crippen molar-refractivity contribution in [1.29, 1.82) is 0 Å². The van der Waals surface area contributed by atoms with Crippen molar-refractivity contribution in [1.82, 2.24) is 15.5 Å². The zero-order chi connectivity index (χ0) is 17.2. The number of carbonyl (C=O) groups excluding carboxylic acids is 1. The first kappa shape index (κ1) is 15.6. The summed E-state index contributed by atoms with van der Waals surface area (Å²) in [6.45, 7) is 1.01. The summed E-state index contributed by atoms with van der Waals surface area (Å²) in [5.74, 6) is -0.0942. The molecule has 0 atom stereocenters. The number of benzene rings is 2. The highest BCUT2D eigenvalue weighted by molar-refractivity contribution is 5.94. The van der Waals surface area contributed by atoms with Crippen LogP contribution < -0.4 is 5.32 Å². The van der Waals surface area contributed by atoms with E-state index >= 15 is 0 Å². The van der Waals surface area contributed by atoms with Crippen molar-refractivity contribution in [2.75, 3.05) is 20.3 Å². The zero-order valence-electron chi connectivity index (χ0n) is 14.0. The molecule has 0 radical (unpaired) electrons. The molecule has 1 aromatic heterocycles. The van der Waals surface area contributed by atoms with Crippen LogP contribution in [0.25, 0.3) is 22.5 Å². The summed E-state index contributed by atoms with van der Waals surface area (Å²) in [4.78, 5) is 12.1. The Balaban J connectivity index is 1.56. The number of H-pyrrole nitrogens is 1. The number of hydrogen-bond donors (Lipinski definition) is 2. The minimum atomic E-state index is -0.0942. The molecule has 5 nitrogen and oxygen atoms in total. The van der Waals surface area contributed by atoms with Crippen molar-refractivity contribution in [3.05, 3.63) is 65.2 Å². The van der Waals surface area contributed by atoms with Crippen LogP contribution in [0.2, 0.25) is 0 Å². The van der Waals surface area contributed by atoms with Crippen LogP contribution in [0, 0.1) is 0 Å². The second kappa shape index (κ2) is 6.53. The number of methoxy groups -OCH3 is 1. The molecule has 3 aromatic rings. The highest BCUT2D eigenvalue weighted by atomic mass is 16.5. The first-order valence-electron chi connectivity index (χ1n) is 8.31. The first-order chi connectivity index (χ1) is 12.3. The van der Waals surface area contributed by atoms with Gasteiger partial charge in [-0.05, 0) is 17.7 Å². The number of nitrogens with one attached hydrogen (secondary N) is 2. The zero-order valence-corrected chi connectivity index (χ0v) is 14.0. The average Bonchev–Trinajstić information content (AvgIpc) is 3.21. The van der Waals surface area contributed by atoms with E-state index < -0.39 is 0 Å². The summed E-state index contributed by atoms with van der Waals surface area (Å²) in [5.41, 5.74) is 7.48. The van der Waals surface area contributed by atoms with E-state index in [1.54, 1.807) is 7.11 Å². The minimum absolute atomic E-state index is 0.0942. The molecule has 0 fully saturated rings. The van der Waals surface area contributed by atoms with Gasteiger partial charge in [-0.25, -0.2) is 0 Å². The fourth-order valence-electron chi connectivity index (χ4n) is 3.26. The van der Waals surface area contributed by atoms with Gasteiger partial charge in [0, 0.05) is 42.3 Å². The van der Waals surface area contributed by atoms with Crippen LogP contribution in [-0.2, 0) is 11.2 Å².